The molecule has 0 saturated carbocycles. The van der Waals surface area contributed by atoms with Crippen LogP contribution in [-0.4, -0.2) is 48.2 Å². The zero-order chi connectivity index (χ0) is 20.1. The smallest absolute Gasteiger partial charge is 0.251 e. The molecule has 1 atom stereocenters. The van der Waals surface area contributed by atoms with E-state index in [-0.39, 0.29) is 17.8 Å². The molecule has 6 heteroatoms. The number of morpholine rings is 1. The van der Waals surface area contributed by atoms with Crippen molar-refractivity contribution in [1.29, 1.82) is 0 Å². The molecule has 0 bridgehead atoms. The fourth-order valence-corrected chi connectivity index (χ4v) is 3.64. The third-order valence-corrected chi connectivity index (χ3v) is 5.21. The Kier molecular flexibility index (Phi) is 6.03. The molecule has 1 saturated heterocycles. The molecule has 4 rings (SSSR count). The number of carbonyl (C=O) groups is 1. The highest BCUT2D eigenvalue weighted by atomic mass is 19.1. The van der Waals surface area contributed by atoms with Crippen LogP contribution in [0.3, 0.4) is 0 Å². The van der Waals surface area contributed by atoms with E-state index >= 15 is 0 Å². The average molecular weight is 393 g/mol. The number of carbonyl (C=O) groups excluding carboxylic acids is 1. The highest BCUT2D eigenvalue weighted by Crippen LogP contribution is 2.22. The summed E-state index contributed by atoms with van der Waals surface area (Å²) in [5, 5.41) is 3.06. The first kappa shape index (κ1) is 19.4. The SMILES string of the molecule is O=C(NCC(c1ccc(F)cc1)N1CCOCC1)c1cccc(-n2cccc2)c1. The van der Waals surface area contributed by atoms with Gasteiger partial charge >= 0.3 is 0 Å². The van der Waals surface area contributed by atoms with E-state index in [4.69, 9.17) is 4.74 Å². The predicted octanol–water partition coefficient (Wildman–Crippen LogP) is 3.42. The van der Waals surface area contributed by atoms with Crippen LogP contribution in [0.15, 0.2) is 73.1 Å². The maximum atomic E-state index is 13.4. The summed E-state index contributed by atoms with van der Waals surface area (Å²) in [6.45, 7) is 3.31. The molecule has 2 aromatic carbocycles. The topological polar surface area (TPSA) is 46.5 Å². The van der Waals surface area contributed by atoms with E-state index in [2.05, 4.69) is 10.2 Å². The van der Waals surface area contributed by atoms with Crippen LogP contribution < -0.4 is 5.32 Å². The molecular weight excluding hydrogens is 369 g/mol. The minimum atomic E-state index is -0.264. The summed E-state index contributed by atoms with van der Waals surface area (Å²) in [5.41, 5.74) is 2.52. The Balaban J connectivity index is 1.48. The van der Waals surface area contributed by atoms with E-state index in [0.29, 0.717) is 25.3 Å². The molecule has 150 valence electrons. The molecule has 1 aliphatic heterocycles. The average Bonchev–Trinajstić information content (AvgIpc) is 3.31. The molecule has 3 aromatic rings. The standard InChI is InChI=1S/C23H24FN3O2/c24-20-8-6-18(7-9-20)22(27-12-14-29-15-13-27)17-25-23(28)19-4-3-5-21(16-19)26-10-1-2-11-26/h1-11,16,22H,12-15,17H2,(H,25,28). The molecule has 2 heterocycles. The van der Waals surface area contributed by atoms with Crippen LogP contribution in [0.1, 0.15) is 22.0 Å². The maximum Gasteiger partial charge on any atom is 0.251 e. The van der Waals surface area contributed by atoms with Gasteiger partial charge in [-0.25, -0.2) is 4.39 Å². The van der Waals surface area contributed by atoms with Crippen molar-refractivity contribution < 1.29 is 13.9 Å². The van der Waals surface area contributed by atoms with Gasteiger partial charge in [-0.3, -0.25) is 9.69 Å². The Bertz CT molecular complexity index is 935. The van der Waals surface area contributed by atoms with E-state index in [0.717, 1.165) is 24.3 Å². The molecule has 5 nitrogen and oxygen atoms in total. The molecular formula is C23H24FN3O2. The number of ether oxygens (including phenoxy) is 1. The Morgan fingerprint density at radius 2 is 1.76 bits per heavy atom. The fraction of sp³-hybridized carbons (Fsp3) is 0.261. The lowest BCUT2D eigenvalue weighted by Gasteiger charge is -2.35. The Hall–Kier alpha value is -2.96. The molecule has 0 spiro atoms. The van der Waals surface area contributed by atoms with Crippen molar-refractivity contribution >= 4 is 5.91 Å². The summed E-state index contributed by atoms with van der Waals surface area (Å²) in [6, 6.07) is 17.9. The predicted molar refractivity (Wildman–Crippen MR) is 110 cm³/mol. The zero-order valence-electron chi connectivity index (χ0n) is 16.1. The first-order valence-electron chi connectivity index (χ1n) is 9.79. The summed E-state index contributed by atoms with van der Waals surface area (Å²) >= 11 is 0. The molecule has 1 fully saturated rings. The zero-order valence-corrected chi connectivity index (χ0v) is 16.1. The Morgan fingerprint density at radius 1 is 1.03 bits per heavy atom. The van der Waals surface area contributed by atoms with Crippen LogP contribution in [0.2, 0.25) is 0 Å². The number of benzene rings is 2. The van der Waals surface area contributed by atoms with Gasteiger partial charge in [0.25, 0.3) is 5.91 Å². The number of halogens is 1. The van der Waals surface area contributed by atoms with Crippen molar-refractivity contribution in [3.05, 3.63) is 90.0 Å². The number of hydrogen-bond donors (Lipinski definition) is 1. The third-order valence-electron chi connectivity index (χ3n) is 5.21. The van der Waals surface area contributed by atoms with Gasteiger partial charge in [0.1, 0.15) is 5.82 Å². The minimum absolute atomic E-state index is 0.0314. The van der Waals surface area contributed by atoms with Crippen LogP contribution in [0, 0.1) is 5.82 Å². The van der Waals surface area contributed by atoms with Crippen molar-refractivity contribution in [2.45, 2.75) is 6.04 Å². The van der Waals surface area contributed by atoms with E-state index < -0.39 is 0 Å². The molecule has 1 aliphatic rings. The van der Waals surface area contributed by atoms with Gasteiger partial charge in [-0.2, -0.15) is 0 Å². The van der Waals surface area contributed by atoms with Gasteiger partial charge in [0.15, 0.2) is 0 Å². The molecule has 1 aromatic heterocycles. The second kappa shape index (κ2) is 9.03. The quantitative estimate of drug-likeness (QED) is 0.698. The van der Waals surface area contributed by atoms with Gasteiger partial charge in [0, 0.05) is 43.3 Å². The molecule has 29 heavy (non-hydrogen) atoms. The summed E-state index contributed by atoms with van der Waals surface area (Å²) in [5.74, 6) is -0.389. The maximum absolute atomic E-state index is 13.4. The van der Waals surface area contributed by atoms with Crippen LogP contribution >= 0.6 is 0 Å². The fourth-order valence-electron chi connectivity index (χ4n) is 3.64. The molecule has 0 radical (unpaired) electrons. The lowest BCUT2D eigenvalue weighted by Crippen LogP contribution is -2.43. The van der Waals surface area contributed by atoms with Crippen molar-refractivity contribution in [3.8, 4) is 5.69 Å². The third kappa shape index (κ3) is 4.72. The highest BCUT2D eigenvalue weighted by Gasteiger charge is 2.23. The number of aromatic nitrogens is 1. The van der Waals surface area contributed by atoms with E-state index in [1.807, 2.05) is 53.4 Å². The summed E-state index contributed by atoms with van der Waals surface area (Å²) < 4.78 is 20.8. The van der Waals surface area contributed by atoms with Crippen LogP contribution in [0.4, 0.5) is 4.39 Å². The van der Waals surface area contributed by atoms with Gasteiger partial charge in [0.2, 0.25) is 0 Å². The Labute approximate surface area is 169 Å². The summed E-state index contributed by atoms with van der Waals surface area (Å²) in [4.78, 5) is 15.1. The minimum Gasteiger partial charge on any atom is -0.379 e. The van der Waals surface area contributed by atoms with Gasteiger partial charge in [-0.15, -0.1) is 0 Å². The van der Waals surface area contributed by atoms with Crippen molar-refractivity contribution in [2.24, 2.45) is 0 Å². The second-order valence-corrected chi connectivity index (χ2v) is 7.07. The molecule has 1 amide bonds. The summed E-state index contributed by atoms with van der Waals surface area (Å²) in [7, 11) is 0. The van der Waals surface area contributed by atoms with Crippen LogP contribution in [-0.2, 0) is 4.74 Å². The number of amides is 1. The summed E-state index contributed by atoms with van der Waals surface area (Å²) in [6.07, 6.45) is 3.89. The highest BCUT2D eigenvalue weighted by molar-refractivity contribution is 5.94. The second-order valence-electron chi connectivity index (χ2n) is 7.07. The first-order chi connectivity index (χ1) is 14.2. The van der Waals surface area contributed by atoms with Crippen LogP contribution in [0.25, 0.3) is 5.69 Å². The van der Waals surface area contributed by atoms with Gasteiger partial charge < -0.3 is 14.6 Å². The van der Waals surface area contributed by atoms with Crippen molar-refractivity contribution in [1.82, 2.24) is 14.8 Å². The normalized spacial score (nSPS) is 15.8. The first-order valence-corrected chi connectivity index (χ1v) is 9.79. The van der Waals surface area contributed by atoms with Gasteiger partial charge in [0.05, 0.1) is 19.3 Å². The van der Waals surface area contributed by atoms with E-state index in [9.17, 15) is 9.18 Å². The number of nitrogens with zero attached hydrogens (tertiary/aromatic N) is 2. The van der Waals surface area contributed by atoms with Gasteiger partial charge in [-0.1, -0.05) is 18.2 Å². The molecule has 1 N–H and O–H groups in total. The van der Waals surface area contributed by atoms with Crippen molar-refractivity contribution in [2.75, 3.05) is 32.8 Å². The van der Waals surface area contributed by atoms with Gasteiger partial charge in [-0.05, 0) is 48.0 Å². The monoisotopic (exact) mass is 393 g/mol. The lowest BCUT2D eigenvalue weighted by molar-refractivity contribution is 0.0162. The van der Waals surface area contributed by atoms with Crippen LogP contribution in [0.5, 0.6) is 0 Å². The van der Waals surface area contributed by atoms with E-state index in [1.54, 1.807) is 12.1 Å². The molecule has 0 aliphatic carbocycles. The van der Waals surface area contributed by atoms with Crippen molar-refractivity contribution in [3.63, 3.8) is 0 Å². The largest absolute Gasteiger partial charge is 0.379 e. The molecule has 1 unspecified atom stereocenters. The van der Waals surface area contributed by atoms with E-state index in [1.165, 1.54) is 12.1 Å². The number of hydrogen-bond acceptors (Lipinski definition) is 3. The number of nitrogens with one attached hydrogen (secondary N) is 1. The Morgan fingerprint density at radius 3 is 2.48 bits per heavy atom. The number of rotatable bonds is 6. The lowest BCUT2D eigenvalue weighted by atomic mass is 10.0.